The van der Waals surface area contributed by atoms with Crippen molar-refractivity contribution in [3.8, 4) is 6.07 Å². The maximum atomic E-state index is 10.8. The highest BCUT2D eigenvalue weighted by Crippen LogP contribution is 2.52. The minimum atomic E-state index is -0.655. The molecule has 4 heteroatoms. The third-order valence-electron chi connectivity index (χ3n) is 4.12. The van der Waals surface area contributed by atoms with Crippen molar-refractivity contribution in [3.05, 3.63) is 29.8 Å². The highest BCUT2D eigenvalue weighted by atomic mass is 16.4. The van der Waals surface area contributed by atoms with Gasteiger partial charge in [0.15, 0.2) is 0 Å². The number of benzene rings is 1. The van der Waals surface area contributed by atoms with Crippen LogP contribution in [-0.2, 0) is 4.79 Å². The minimum absolute atomic E-state index is 0.131. The molecule has 1 heterocycles. The quantitative estimate of drug-likeness (QED) is 0.859. The number of hydrogen-bond donors (Lipinski definition) is 1. The molecule has 0 unspecified atom stereocenters. The average Bonchev–Trinajstić information content (AvgIpc) is 2.25. The van der Waals surface area contributed by atoms with Gasteiger partial charge in [0, 0.05) is 24.2 Å². The molecule has 1 aromatic rings. The van der Waals surface area contributed by atoms with Crippen molar-refractivity contribution in [2.75, 3.05) is 18.0 Å². The molecule has 1 aliphatic carbocycles. The standard InChI is InChI=1S/C14H14N2O2/c15-7-10-1-3-12(4-2-10)16-8-14(9-16)5-11(6-14)13(17)18/h1-4,11H,5-6,8-9H2,(H,17,18). The van der Waals surface area contributed by atoms with Gasteiger partial charge >= 0.3 is 5.97 Å². The molecular weight excluding hydrogens is 228 g/mol. The number of carboxylic acid groups (broad SMARTS) is 1. The maximum absolute atomic E-state index is 10.8. The van der Waals surface area contributed by atoms with Gasteiger partial charge in [-0.25, -0.2) is 0 Å². The first-order valence-electron chi connectivity index (χ1n) is 6.10. The van der Waals surface area contributed by atoms with Gasteiger partial charge < -0.3 is 10.0 Å². The Balaban J connectivity index is 1.59. The Kier molecular flexibility index (Phi) is 2.30. The summed E-state index contributed by atoms with van der Waals surface area (Å²) in [5.74, 6) is -0.787. The van der Waals surface area contributed by atoms with Gasteiger partial charge in [-0.15, -0.1) is 0 Å². The Hall–Kier alpha value is -2.02. The first-order chi connectivity index (χ1) is 8.62. The molecule has 1 saturated heterocycles. The van der Waals surface area contributed by atoms with Crippen molar-refractivity contribution < 1.29 is 9.90 Å². The average molecular weight is 242 g/mol. The summed E-state index contributed by atoms with van der Waals surface area (Å²) in [6.45, 7) is 1.89. The van der Waals surface area contributed by atoms with Crippen LogP contribution in [0.2, 0.25) is 0 Å². The van der Waals surface area contributed by atoms with Gasteiger partial charge in [-0.1, -0.05) is 0 Å². The molecule has 1 aromatic carbocycles. The zero-order chi connectivity index (χ0) is 12.8. The van der Waals surface area contributed by atoms with Gasteiger partial charge in [-0.2, -0.15) is 5.26 Å². The van der Waals surface area contributed by atoms with Gasteiger partial charge in [0.1, 0.15) is 0 Å². The van der Waals surface area contributed by atoms with E-state index in [4.69, 9.17) is 10.4 Å². The molecule has 1 N–H and O–H groups in total. The van der Waals surface area contributed by atoms with Crippen LogP contribution in [0, 0.1) is 22.7 Å². The number of carbonyl (C=O) groups is 1. The fourth-order valence-corrected chi connectivity index (χ4v) is 3.11. The van der Waals surface area contributed by atoms with E-state index in [0.717, 1.165) is 31.6 Å². The molecule has 0 radical (unpaired) electrons. The SMILES string of the molecule is N#Cc1ccc(N2CC3(CC(C(=O)O)C3)C2)cc1. The predicted molar refractivity (Wildman–Crippen MR) is 66.2 cm³/mol. The summed E-state index contributed by atoms with van der Waals surface area (Å²) in [6, 6.07) is 9.66. The molecule has 0 amide bonds. The number of aliphatic carboxylic acids is 1. The molecular formula is C14H14N2O2. The van der Waals surface area contributed by atoms with E-state index in [1.807, 2.05) is 24.3 Å². The minimum Gasteiger partial charge on any atom is -0.481 e. The van der Waals surface area contributed by atoms with Crippen molar-refractivity contribution >= 4 is 11.7 Å². The predicted octanol–water partition coefficient (Wildman–Crippen LogP) is 1.86. The lowest BCUT2D eigenvalue weighted by Gasteiger charge is -2.59. The fourth-order valence-electron chi connectivity index (χ4n) is 3.11. The second-order valence-corrected chi connectivity index (χ2v) is 5.46. The smallest absolute Gasteiger partial charge is 0.306 e. The van der Waals surface area contributed by atoms with E-state index in [1.54, 1.807) is 0 Å². The Labute approximate surface area is 105 Å². The van der Waals surface area contributed by atoms with Crippen LogP contribution < -0.4 is 4.90 Å². The van der Waals surface area contributed by atoms with Crippen LogP contribution >= 0.6 is 0 Å². The molecule has 2 fully saturated rings. The van der Waals surface area contributed by atoms with E-state index in [0.29, 0.717) is 5.56 Å². The normalized spacial score (nSPS) is 20.9. The van der Waals surface area contributed by atoms with Crippen LogP contribution in [0.1, 0.15) is 18.4 Å². The number of anilines is 1. The van der Waals surface area contributed by atoms with E-state index in [9.17, 15) is 4.79 Å². The first-order valence-corrected chi connectivity index (χ1v) is 6.10. The van der Waals surface area contributed by atoms with E-state index < -0.39 is 5.97 Å². The third-order valence-corrected chi connectivity index (χ3v) is 4.12. The number of nitrogens with zero attached hydrogens (tertiary/aromatic N) is 2. The van der Waals surface area contributed by atoms with Crippen LogP contribution in [0.3, 0.4) is 0 Å². The molecule has 0 bridgehead atoms. The van der Waals surface area contributed by atoms with Gasteiger partial charge in [0.2, 0.25) is 0 Å². The largest absolute Gasteiger partial charge is 0.481 e. The summed E-state index contributed by atoms with van der Waals surface area (Å²) in [5.41, 5.74) is 2.04. The summed E-state index contributed by atoms with van der Waals surface area (Å²) >= 11 is 0. The van der Waals surface area contributed by atoms with Gasteiger partial charge in [-0.05, 0) is 37.1 Å². The molecule has 92 valence electrons. The van der Waals surface area contributed by atoms with Crippen molar-refractivity contribution in [1.82, 2.24) is 0 Å². The molecule has 2 aliphatic rings. The summed E-state index contributed by atoms with van der Waals surface area (Å²) in [4.78, 5) is 13.0. The van der Waals surface area contributed by atoms with E-state index in [2.05, 4.69) is 11.0 Å². The zero-order valence-corrected chi connectivity index (χ0v) is 9.97. The van der Waals surface area contributed by atoms with Gasteiger partial charge in [0.05, 0.1) is 17.6 Å². The zero-order valence-electron chi connectivity index (χ0n) is 9.97. The molecule has 4 nitrogen and oxygen atoms in total. The van der Waals surface area contributed by atoms with E-state index >= 15 is 0 Å². The van der Waals surface area contributed by atoms with Crippen molar-refractivity contribution in [3.63, 3.8) is 0 Å². The summed E-state index contributed by atoms with van der Waals surface area (Å²) in [5, 5.41) is 17.6. The van der Waals surface area contributed by atoms with Crippen LogP contribution in [-0.4, -0.2) is 24.2 Å². The molecule has 0 atom stereocenters. The Morgan fingerprint density at radius 1 is 1.33 bits per heavy atom. The van der Waals surface area contributed by atoms with Crippen LogP contribution in [0.4, 0.5) is 5.69 Å². The lowest BCUT2D eigenvalue weighted by molar-refractivity contribution is -0.151. The molecule has 1 aliphatic heterocycles. The van der Waals surface area contributed by atoms with Crippen molar-refractivity contribution in [2.24, 2.45) is 11.3 Å². The lowest BCUT2D eigenvalue weighted by atomic mass is 9.57. The van der Waals surface area contributed by atoms with E-state index in [1.165, 1.54) is 0 Å². The number of hydrogen-bond acceptors (Lipinski definition) is 3. The first kappa shape index (κ1) is 11.1. The topological polar surface area (TPSA) is 64.3 Å². The second kappa shape index (κ2) is 3.74. The van der Waals surface area contributed by atoms with Crippen LogP contribution in [0.5, 0.6) is 0 Å². The van der Waals surface area contributed by atoms with Crippen LogP contribution in [0.15, 0.2) is 24.3 Å². The van der Waals surface area contributed by atoms with Crippen molar-refractivity contribution in [1.29, 1.82) is 5.26 Å². The Morgan fingerprint density at radius 2 is 1.94 bits per heavy atom. The summed E-state index contributed by atoms with van der Waals surface area (Å²) in [6.07, 6.45) is 1.63. The highest BCUT2D eigenvalue weighted by molar-refractivity contribution is 5.72. The molecule has 1 spiro atoms. The fraction of sp³-hybridized carbons (Fsp3) is 0.429. The van der Waals surface area contributed by atoms with Crippen LogP contribution in [0.25, 0.3) is 0 Å². The monoisotopic (exact) mass is 242 g/mol. The number of rotatable bonds is 2. The third kappa shape index (κ3) is 1.63. The van der Waals surface area contributed by atoms with Gasteiger partial charge in [-0.3, -0.25) is 4.79 Å². The Bertz CT molecular complexity index is 516. The Morgan fingerprint density at radius 3 is 2.44 bits per heavy atom. The summed E-state index contributed by atoms with van der Waals surface area (Å²) in [7, 11) is 0. The molecule has 0 aromatic heterocycles. The lowest BCUT2D eigenvalue weighted by Crippen LogP contribution is -2.63. The number of nitriles is 1. The molecule has 18 heavy (non-hydrogen) atoms. The summed E-state index contributed by atoms with van der Waals surface area (Å²) < 4.78 is 0. The molecule has 1 saturated carbocycles. The highest BCUT2D eigenvalue weighted by Gasteiger charge is 2.54. The number of carboxylic acids is 1. The van der Waals surface area contributed by atoms with Gasteiger partial charge in [0.25, 0.3) is 0 Å². The van der Waals surface area contributed by atoms with E-state index in [-0.39, 0.29) is 11.3 Å². The van der Waals surface area contributed by atoms with Crippen molar-refractivity contribution in [2.45, 2.75) is 12.8 Å². The maximum Gasteiger partial charge on any atom is 0.306 e. The molecule has 3 rings (SSSR count). The second-order valence-electron chi connectivity index (χ2n) is 5.46.